The standard InChI is InChI=1S/C19H22FN3O3.ClH/c1-9-6-22(8-15(9)21)17-10(2)16-12(11-3-4-11)5-13(19(25)26)18(24)23(16)7-14(17)20;/h5,7,9,11,15H,3-4,6,8,21H2,1-2H3,(H,25,26);1H/t9-,15+;/m1./s1. The number of fused-ring (bicyclic) bond motifs is 1. The molecule has 3 heterocycles. The Hall–Kier alpha value is -2.12. The molecule has 1 aliphatic carbocycles. The first kappa shape index (κ1) is 19.6. The molecule has 6 nitrogen and oxygen atoms in total. The number of carboxylic acid groups (broad SMARTS) is 1. The average molecular weight is 396 g/mol. The summed E-state index contributed by atoms with van der Waals surface area (Å²) in [6, 6.07) is 1.45. The SMILES string of the molecule is Cc1c(N2C[C@@H](C)[C@@H](N)C2)c(F)cn2c(=O)c(C(=O)O)cc(C3CC3)c12.Cl. The number of carbonyl (C=O) groups is 1. The molecule has 146 valence electrons. The van der Waals surface area contributed by atoms with Gasteiger partial charge in [-0.1, -0.05) is 6.92 Å². The Bertz CT molecular complexity index is 977. The number of aromatic carboxylic acids is 1. The average Bonchev–Trinajstić information content (AvgIpc) is 3.35. The van der Waals surface area contributed by atoms with Crippen LogP contribution in [-0.2, 0) is 0 Å². The number of pyridine rings is 2. The van der Waals surface area contributed by atoms with E-state index in [0.29, 0.717) is 29.9 Å². The minimum absolute atomic E-state index is 0. The maximum absolute atomic E-state index is 15.0. The maximum atomic E-state index is 15.0. The van der Waals surface area contributed by atoms with Gasteiger partial charge >= 0.3 is 5.97 Å². The second kappa shape index (κ2) is 6.80. The van der Waals surface area contributed by atoms with Gasteiger partial charge < -0.3 is 15.7 Å². The predicted octanol–water partition coefficient (Wildman–Crippen LogP) is 2.53. The lowest BCUT2D eigenvalue weighted by molar-refractivity contribution is 0.0694. The summed E-state index contributed by atoms with van der Waals surface area (Å²) in [5.74, 6) is -1.33. The first-order chi connectivity index (χ1) is 12.3. The van der Waals surface area contributed by atoms with Crippen molar-refractivity contribution in [1.29, 1.82) is 0 Å². The first-order valence-corrected chi connectivity index (χ1v) is 8.91. The summed E-state index contributed by atoms with van der Waals surface area (Å²) in [7, 11) is 0. The van der Waals surface area contributed by atoms with Crippen LogP contribution in [0.25, 0.3) is 5.52 Å². The van der Waals surface area contributed by atoms with Crippen LogP contribution < -0.4 is 16.2 Å². The van der Waals surface area contributed by atoms with Gasteiger partial charge in [-0.05, 0) is 48.8 Å². The third kappa shape index (κ3) is 3.08. The van der Waals surface area contributed by atoms with Crippen molar-refractivity contribution in [3.8, 4) is 0 Å². The zero-order chi connectivity index (χ0) is 18.7. The normalized spacial score (nSPS) is 22.1. The van der Waals surface area contributed by atoms with Gasteiger partial charge in [-0.25, -0.2) is 9.18 Å². The molecule has 2 atom stereocenters. The molecule has 8 heteroatoms. The Kier molecular flexibility index (Phi) is 4.94. The summed E-state index contributed by atoms with van der Waals surface area (Å²) >= 11 is 0. The molecule has 0 amide bonds. The Labute approximate surface area is 162 Å². The topological polar surface area (TPSA) is 88.0 Å². The van der Waals surface area contributed by atoms with E-state index in [4.69, 9.17) is 5.73 Å². The summed E-state index contributed by atoms with van der Waals surface area (Å²) in [6.07, 6.45) is 3.03. The molecule has 3 N–H and O–H groups in total. The largest absolute Gasteiger partial charge is 0.477 e. The van der Waals surface area contributed by atoms with Gasteiger partial charge in [-0.15, -0.1) is 12.4 Å². The number of hydrogen-bond acceptors (Lipinski definition) is 4. The molecule has 0 radical (unpaired) electrons. The predicted molar refractivity (Wildman–Crippen MR) is 104 cm³/mol. The molecule has 0 bridgehead atoms. The number of hydrogen-bond donors (Lipinski definition) is 2. The number of anilines is 1. The number of aromatic nitrogens is 1. The third-order valence-electron chi connectivity index (χ3n) is 5.68. The van der Waals surface area contributed by atoms with Gasteiger partial charge in [0.25, 0.3) is 5.56 Å². The van der Waals surface area contributed by atoms with Gasteiger partial charge in [0.1, 0.15) is 5.56 Å². The molecule has 2 aromatic heterocycles. The van der Waals surface area contributed by atoms with E-state index in [1.54, 1.807) is 6.92 Å². The van der Waals surface area contributed by atoms with Crippen molar-refractivity contribution in [3.63, 3.8) is 0 Å². The number of halogens is 2. The molecule has 1 aliphatic heterocycles. The van der Waals surface area contributed by atoms with E-state index in [2.05, 4.69) is 0 Å². The summed E-state index contributed by atoms with van der Waals surface area (Å²) in [5.41, 5.74) is 7.67. The fourth-order valence-corrected chi connectivity index (χ4v) is 4.06. The molecule has 0 aromatic carbocycles. The highest BCUT2D eigenvalue weighted by Gasteiger charge is 2.33. The Morgan fingerprint density at radius 2 is 2.00 bits per heavy atom. The van der Waals surface area contributed by atoms with E-state index >= 15 is 0 Å². The van der Waals surface area contributed by atoms with Crippen molar-refractivity contribution in [2.24, 2.45) is 11.7 Å². The van der Waals surface area contributed by atoms with Crippen LogP contribution in [0.1, 0.15) is 47.2 Å². The molecule has 1 saturated heterocycles. The van der Waals surface area contributed by atoms with Gasteiger partial charge in [-0.2, -0.15) is 0 Å². The highest BCUT2D eigenvalue weighted by Crippen LogP contribution is 2.44. The van der Waals surface area contributed by atoms with Crippen LogP contribution in [0.2, 0.25) is 0 Å². The van der Waals surface area contributed by atoms with Crippen LogP contribution in [0, 0.1) is 18.7 Å². The summed E-state index contributed by atoms with van der Waals surface area (Å²) in [6.45, 7) is 5.06. The van der Waals surface area contributed by atoms with Crippen LogP contribution in [0.15, 0.2) is 17.1 Å². The molecule has 2 aliphatic rings. The van der Waals surface area contributed by atoms with Gasteiger partial charge in [-0.3, -0.25) is 9.20 Å². The van der Waals surface area contributed by atoms with Gasteiger partial charge in [0, 0.05) is 19.1 Å². The number of carboxylic acids is 1. The van der Waals surface area contributed by atoms with Gasteiger partial charge in [0.15, 0.2) is 5.82 Å². The zero-order valence-electron chi connectivity index (χ0n) is 15.2. The molecule has 27 heavy (non-hydrogen) atoms. The summed E-state index contributed by atoms with van der Waals surface area (Å²) < 4.78 is 16.1. The number of rotatable bonds is 3. The quantitative estimate of drug-likeness (QED) is 0.833. The van der Waals surface area contributed by atoms with Crippen LogP contribution in [0.4, 0.5) is 10.1 Å². The van der Waals surface area contributed by atoms with Crippen molar-refractivity contribution in [3.05, 3.63) is 45.1 Å². The van der Waals surface area contributed by atoms with E-state index in [9.17, 15) is 19.1 Å². The van der Waals surface area contributed by atoms with Gasteiger partial charge in [0.2, 0.25) is 0 Å². The number of nitrogens with two attached hydrogens (primary N) is 1. The lowest BCUT2D eigenvalue weighted by Crippen LogP contribution is -2.30. The van der Waals surface area contributed by atoms with Crippen LogP contribution in [0.3, 0.4) is 0 Å². The van der Waals surface area contributed by atoms with E-state index in [-0.39, 0.29) is 35.8 Å². The number of nitrogens with zero attached hydrogens (tertiary/aromatic N) is 2. The van der Waals surface area contributed by atoms with Crippen LogP contribution in [-0.4, -0.2) is 34.6 Å². The fraction of sp³-hybridized carbons (Fsp3) is 0.474. The van der Waals surface area contributed by atoms with Crippen LogP contribution >= 0.6 is 12.4 Å². The molecule has 0 unspecified atom stereocenters. The monoisotopic (exact) mass is 395 g/mol. The highest BCUT2D eigenvalue weighted by atomic mass is 35.5. The molecule has 0 spiro atoms. The minimum atomic E-state index is -1.28. The fourth-order valence-electron chi connectivity index (χ4n) is 4.06. The van der Waals surface area contributed by atoms with Crippen LogP contribution in [0.5, 0.6) is 0 Å². The summed E-state index contributed by atoms with van der Waals surface area (Å²) in [5, 5.41) is 9.35. The highest BCUT2D eigenvalue weighted by molar-refractivity contribution is 5.89. The molecule has 2 aromatic rings. The molecular formula is C19H23ClFN3O3. The molecule has 1 saturated carbocycles. The molecule has 4 rings (SSSR count). The second-order valence-electron chi connectivity index (χ2n) is 7.61. The van der Waals surface area contributed by atoms with Crippen molar-refractivity contribution >= 4 is 29.6 Å². The van der Waals surface area contributed by atoms with E-state index < -0.39 is 17.3 Å². The minimum Gasteiger partial charge on any atom is -0.477 e. The van der Waals surface area contributed by atoms with Crippen molar-refractivity contribution < 1.29 is 14.3 Å². The van der Waals surface area contributed by atoms with Crippen molar-refractivity contribution in [1.82, 2.24) is 4.40 Å². The first-order valence-electron chi connectivity index (χ1n) is 8.91. The maximum Gasteiger partial charge on any atom is 0.341 e. The summed E-state index contributed by atoms with van der Waals surface area (Å²) in [4.78, 5) is 26.0. The van der Waals surface area contributed by atoms with Gasteiger partial charge in [0.05, 0.1) is 17.4 Å². The van der Waals surface area contributed by atoms with Crippen molar-refractivity contribution in [2.45, 2.75) is 38.6 Å². The third-order valence-corrected chi connectivity index (χ3v) is 5.68. The Balaban J connectivity index is 0.00000210. The molecule has 2 fully saturated rings. The lowest BCUT2D eigenvalue weighted by Gasteiger charge is -2.24. The second-order valence-corrected chi connectivity index (χ2v) is 7.61. The molecular weight excluding hydrogens is 373 g/mol. The van der Waals surface area contributed by atoms with Crippen molar-refractivity contribution in [2.75, 3.05) is 18.0 Å². The Morgan fingerprint density at radius 3 is 2.52 bits per heavy atom. The van der Waals surface area contributed by atoms with E-state index in [1.807, 2.05) is 11.8 Å². The Morgan fingerprint density at radius 1 is 1.33 bits per heavy atom. The lowest BCUT2D eigenvalue weighted by atomic mass is 10.0. The van der Waals surface area contributed by atoms with E-state index in [0.717, 1.165) is 24.6 Å². The van der Waals surface area contributed by atoms with E-state index in [1.165, 1.54) is 10.5 Å². The smallest absolute Gasteiger partial charge is 0.341 e. The zero-order valence-corrected chi connectivity index (χ0v) is 16.1. The number of aryl methyl sites for hydroxylation is 1.